The summed E-state index contributed by atoms with van der Waals surface area (Å²) in [6, 6.07) is 8.53. The lowest BCUT2D eigenvalue weighted by molar-refractivity contribution is -0.540. The normalized spacial score (nSPS) is 13.1. The van der Waals surface area contributed by atoms with Crippen LogP contribution in [0.2, 0.25) is 0 Å². The Morgan fingerprint density at radius 2 is 1.33 bits per heavy atom. The third kappa shape index (κ3) is 5.47. The number of amidine groups is 1. The molecule has 0 aliphatic heterocycles. The van der Waals surface area contributed by atoms with Crippen molar-refractivity contribution in [2.75, 3.05) is 6.26 Å². The maximum absolute atomic E-state index is 9.88. The number of nitrogens with two attached hydrogens (primary N) is 1. The predicted molar refractivity (Wildman–Crippen MR) is 107 cm³/mol. The first-order chi connectivity index (χ1) is 12.8. The van der Waals surface area contributed by atoms with E-state index in [0.29, 0.717) is 27.7 Å². The number of phenolic OH excluding ortho intramolecular Hbond substituents is 4. The number of quaternary nitrogens is 1. The van der Waals surface area contributed by atoms with Gasteiger partial charge < -0.3 is 20.4 Å². The van der Waals surface area contributed by atoms with Gasteiger partial charge in [0.05, 0.1) is 5.71 Å². The summed E-state index contributed by atoms with van der Waals surface area (Å²) in [6.45, 7) is 3.42. The van der Waals surface area contributed by atoms with E-state index in [1.54, 1.807) is 26.0 Å². The van der Waals surface area contributed by atoms with Crippen LogP contribution in [0.1, 0.15) is 25.0 Å². The molecule has 0 radical (unpaired) electrons. The molecule has 0 aromatic heterocycles. The van der Waals surface area contributed by atoms with E-state index in [9.17, 15) is 20.4 Å². The van der Waals surface area contributed by atoms with Gasteiger partial charge in [0.1, 0.15) is 28.7 Å². The lowest BCUT2D eigenvalue weighted by atomic mass is 10.1. The van der Waals surface area contributed by atoms with Gasteiger partial charge in [0.25, 0.3) is 0 Å². The summed E-state index contributed by atoms with van der Waals surface area (Å²) in [5.74, 6) is -0.212. The number of rotatable bonds is 4. The first-order valence-corrected chi connectivity index (χ1v) is 9.13. The molecule has 2 aromatic rings. The van der Waals surface area contributed by atoms with E-state index in [0.717, 1.165) is 0 Å². The van der Waals surface area contributed by atoms with E-state index in [2.05, 4.69) is 15.3 Å². The molecular weight excluding hydrogens is 368 g/mol. The Balaban J connectivity index is 2.18. The Hall–Kier alpha value is -3.04. The smallest absolute Gasteiger partial charge is 0.305 e. The average Bonchev–Trinajstić information content (AvgIpc) is 2.61. The van der Waals surface area contributed by atoms with Crippen molar-refractivity contribution in [3.63, 3.8) is 0 Å². The monoisotopic (exact) mass is 389 g/mol. The number of aromatic hydroxyl groups is 4. The summed E-state index contributed by atoms with van der Waals surface area (Å²) in [5, 5.41) is 51.4. The maximum atomic E-state index is 9.88. The largest absolute Gasteiger partial charge is 0.508 e. The topological polar surface area (TPSA) is 135 Å². The number of benzene rings is 2. The highest BCUT2D eigenvalue weighted by atomic mass is 32.2. The molecule has 6 N–H and O–H groups in total. The molecule has 0 atom stereocenters. The highest BCUT2D eigenvalue weighted by Crippen LogP contribution is 2.24. The number of nitrogens with zero attached hydrogens (tertiary/aromatic N) is 3. The molecule has 0 unspecified atom stereocenters. The molecule has 0 spiro atoms. The zero-order valence-electron chi connectivity index (χ0n) is 15.1. The fraction of sp³-hybridized carbons (Fsp3) is 0.167. The molecule has 0 aliphatic carbocycles. The number of hydrogen-bond donors (Lipinski definition) is 5. The van der Waals surface area contributed by atoms with Gasteiger partial charge in [-0.15, -0.1) is 5.10 Å². The maximum Gasteiger partial charge on any atom is 0.305 e. The molecule has 27 heavy (non-hydrogen) atoms. The molecule has 8 nitrogen and oxygen atoms in total. The van der Waals surface area contributed by atoms with Crippen molar-refractivity contribution >= 4 is 28.4 Å². The second-order valence-electron chi connectivity index (χ2n) is 5.57. The number of thioether (sulfide) groups is 1. The number of hydrogen-bond acceptors (Lipinski definition) is 8. The summed E-state index contributed by atoms with van der Waals surface area (Å²) in [4.78, 5) is 0. The van der Waals surface area contributed by atoms with Crippen molar-refractivity contribution in [1.29, 1.82) is 0 Å². The first kappa shape index (κ1) is 20.3. The fourth-order valence-electron chi connectivity index (χ4n) is 2.17. The summed E-state index contributed by atoms with van der Waals surface area (Å²) in [7, 11) is 0. The SMILES string of the molecule is CSC(=N/N=C(\C)c1ccc(O)cc1O)[NH2+]/N=C(\C)c1ccc(O)cc1O. The zero-order chi connectivity index (χ0) is 20.0. The van der Waals surface area contributed by atoms with Crippen LogP contribution in [0.25, 0.3) is 0 Å². The Labute approximate surface area is 160 Å². The van der Waals surface area contributed by atoms with Crippen LogP contribution in [0.5, 0.6) is 23.0 Å². The molecule has 0 saturated heterocycles. The van der Waals surface area contributed by atoms with E-state index in [1.807, 2.05) is 6.26 Å². The molecule has 2 rings (SSSR count). The molecule has 9 heteroatoms. The van der Waals surface area contributed by atoms with Gasteiger partial charge in [-0.1, -0.05) is 10.2 Å². The lowest BCUT2D eigenvalue weighted by Gasteiger charge is -2.04. The summed E-state index contributed by atoms with van der Waals surface area (Å²) in [5.41, 5.74) is 3.50. The Bertz CT molecular complexity index is 926. The van der Waals surface area contributed by atoms with E-state index in [4.69, 9.17) is 0 Å². The quantitative estimate of drug-likeness (QED) is 0.236. The van der Waals surface area contributed by atoms with Crippen LogP contribution in [-0.4, -0.2) is 43.3 Å². The minimum absolute atomic E-state index is 0.0262. The van der Waals surface area contributed by atoms with E-state index in [1.165, 1.54) is 41.5 Å². The van der Waals surface area contributed by atoms with Crippen molar-refractivity contribution in [1.82, 2.24) is 0 Å². The first-order valence-electron chi connectivity index (χ1n) is 7.90. The van der Waals surface area contributed by atoms with Crippen molar-refractivity contribution in [3.05, 3.63) is 47.5 Å². The van der Waals surface area contributed by atoms with Crippen molar-refractivity contribution in [2.24, 2.45) is 15.3 Å². The summed E-state index contributed by atoms with van der Waals surface area (Å²) in [6.07, 6.45) is 1.82. The lowest BCUT2D eigenvalue weighted by Crippen LogP contribution is -2.81. The predicted octanol–water partition coefficient (Wildman–Crippen LogP) is 1.94. The average molecular weight is 389 g/mol. The Morgan fingerprint density at radius 1 is 0.815 bits per heavy atom. The minimum atomic E-state index is -0.0854. The molecule has 0 bridgehead atoms. The highest BCUT2D eigenvalue weighted by Gasteiger charge is 2.09. The van der Waals surface area contributed by atoms with Crippen LogP contribution in [-0.2, 0) is 0 Å². The standard InChI is InChI=1S/C18H20N4O4S/c1-10(14-6-4-12(23)8-16(14)25)19-21-18(27-3)22-20-11(2)15-7-5-13(24)9-17(15)26/h4-9,23-26H,1-3H3,(H,21,22)/p+1/b19-10+,20-11+. The van der Waals surface area contributed by atoms with Gasteiger partial charge in [-0.05, 0) is 56.1 Å². The molecule has 0 heterocycles. The van der Waals surface area contributed by atoms with Crippen LogP contribution < -0.4 is 5.43 Å². The van der Waals surface area contributed by atoms with Gasteiger partial charge in [0.2, 0.25) is 0 Å². The van der Waals surface area contributed by atoms with Crippen LogP contribution >= 0.6 is 11.8 Å². The third-order valence-electron chi connectivity index (χ3n) is 3.62. The van der Waals surface area contributed by atoms with Gasteiger partial charge in [-0.2, -0.15) is 5.43 Å². The summed E-state index contributed by atoms with van der Waals surface area (Å²) < 4.78 is 0. The Morgan fingerprint density at radius 3 is 1.81 bits per heavy atom. The van der Waals surface area contributed by atoms with E-state index < -0.39 is 0 Å². The van der Waals surface area contributed by atoms with Crippen molar-refractivity contribution in [3.8, 4) is 23.0 Å². The van der Waals surface area contributed by atoms with Gasteiger partial charge in [0, 0.05) is 23.3 Å². The van der Waals surface area contributed by atoms with Crippen LogP contribution in [0.15, 0.2) is 51.7 Å². The van der Waals surface area contributed by atoms with Gasteiger partial charge in [-0.3, -0.25) is 0 Å². The van der Waals surface area contributed by atoms with Crippen LogP contribution in [0.3, 0.4) is 0 Å². The molecular formula is C18H21N4O4S+. The van der Waals surface area contributed by atoms with E-state index >= 15 is 0 Å². The molecule has 0 saturated carbocycles. The Kier molecular flexibility index (Phi) is 6.80. The number of phenols is 4. The molecule has 0 aliphatic rings. The van der Waals surface area contributed by atoms with Gasteiger partial charge in [-0.25, -0.2) is 0 Å². The molecule has 0 fully saturated rings. The van der Waals surface area contributed by atoms with Crippen molar-refractivity contribution in [2.45, 2.75) is 13.8 Å². The molecule has 142 valence electrons. The van der Waals surface area contributed by atoms with Crippen molar-refractivity contribution < 1.29 is 25.9 Å². The molecule has 0 amide bonds. The second-order valence-corrected chi connectivity index (χ2v) is 6.40. The fourth-order valence-corrected chi connectivity index (χ4v) is 2.45. The van der Waals surface area contributed by atoms with Gasteiger partial charge in [0.15, 0.2) is 0 Å². The van der Waals surface area contributed by atoms with Crippen LogP contribution in [0.4, 0.5) is 0 Å². The van der Waals surface area contributed by atoms with E-state index in [-0.39, 0.29) is 23.0 Å². The molecule has 2 aromatic carbocycles. The second kappa shape index (κ2) is 9.06. The highest BCUT2D eigenvalue weighted by molar-refractivity contribution is 8.12. The minimum Gasteiger partial charge on any atom is -0.508 e. The van der Waals surface area contributed by atoms with Crippen LogP contribution in [0, 0.1) is 0 Å². The van der Waals surface area contributed by atoms with Gasteiger partial charge >= 0.3 is 5.17 Å². The zero-order valence-corrected chi connectivity index (χ0v) is 15.9. The third-order valence-corrected chi connectivity index (χ3v) is 4.22. The summed E-state index contributed by atoms with van der Waals surface area (Å²) >= 11 is 1.33.